The lowest BCUT2D eigenvalue weighted by Gasteiger charge is -2.35. The fourth-order valence-electron chi connectivity index (χ4n) is 4.48. The number of aromatic nitrogens is 2. The first kappa shape index (κ1) is 32.6. The van der Waals surface area contributed by atoms with Crippen LogP contribution in [0.1, 0.15) is 58.3 Å². The van der Waals surface area contributed by atoms with Crippen LogP contribution < -0.4 is 27.5 Å². The van der Waals surface area contributed by atoms with Crippen LogP contribution in [0.5, 0.6) is 0 Å². The molecule has 0 saturated carbocycles. The minimum atomic E-state index is -0.244. The van der Waals surface area contributed by atoms with Gasteiger partial charge in [0.1, 0.15) is 17.0 Å². The van der Waals surface area contributed by atoms with Crippen LogP contribution in [-0.4, -0.2) is 79.7 Å². The number of anilines is 1. The number of nitrogens with two attached hydrogens (primary N) is 3. The van der Waals surface area contributed by atoms with Crippen molar-refractivity contribution in [3.05, 3.63) is 48.3 Å². The highest BCUT2D eigenvalue weighted by atomic mass is 16.5. The van der Waals surface area contributed by atoms with E-state index in [1.54, 1.807) is 11.1 Å². The molecular formula is C29H50N8O2. The fraction of sp³-hybridized carbons (Fsp3) is 0.586. The number of rotatable bonds is 14. The Morgan fingerprint density at radius 1 is 1.36 bits per heavy atom. The summed E-state index contributed by atoms with van der Waals surface area (Å²) < 4.78 is 11.3. The van der Waals surface area contributed by atoms with E-state index in [9.17, 15) is 0 Å². The number of nitrogens with zero attached hydrogens (tertiary/aromatic N) is 4. The average molecular weight is 543 g/mol. The lowest BCUT2D eigenvalue weighted by molar-refractivity contribution is 0.0923. The summed E-state index contributed by atoms with van der Waals surface area (Å²) in [5, 5.41) is 6.28. The molecule has 218 valence electrons. The molecule has 2 aromatic rings. The Hall–Kier alpha value is -2.60. The predicted octanol–water partition coefficient (Wildman–Crippen LogP) is 2.95. The van der Waals surface area contributed by atoms with Gasteiger partial charge in [-0.3, -0.25) is 10.8 Å². The molecule has 3 atom stereocenters. The summed E-state index contributed by atoms with van der Waals surface area (Å²) in [5.74, 6) is 7.42. The standard InChI is InChI=1S/C27H44N8O2.C2H6/c1-5-7-23(32-19(3)6-2)27-26-21(8-10-31-27)22(24(17-29)35(30)12-15-36-13-9-28)16-25(33-26)34-11-14-37-18-20(34)4;1-2/h5,7-8,10,16,19-20,24,32H,1,6,9,11-15,17-18,28-30H2,2-4H3;1-2H3/b23-7-;. The predicted molar refractivity (Wildman–Crippen MR) is 162 cm³/mol. The Kier molecular flexibility index (Phi) is 14.4. The molecule has 0 aliphatic carbocycles. The van der Waals surface area contributed by atoms with E-state index in [4.69, 9.17) is 36.8 Å². The van der Waals surface area contributed by atoms with Crippen molar-refractivity contribution in [3.8, 4) is 0 Å². The van der Waals surface area contributed by atoms with Gasteiger partial charge in [0.25, 0.3) is 0 Å². The lowest BCUT2D eigenvalue weighted by atomic mass is 9.99. The molecule has 1 fully saturated rings. The van der Waals surface area contributed by atoms with Gasteiger partial charge >= 0.3 is 0 Å². The fourth-order valence-corrected chi connectivity index (χ4v) is 4.48. The molecule has 0 aromatic carbocycles. The quantitative estimate of drug-likeness (QED) is 0.122. The van der Waals surface area contributed by atoms with Gasteiger partial charge in [0.15, 0.2) is 0 Å². The molecule has 7 N–H and O–H groups in total. The van der Waals surface area contributed by atoms with Gasteiger partial charge in [0.2, 0.25) is 0 Å². The van der Waals surface area contributed by atoms with Gasteiger partial charge in [-0.1, -0.05) is 33.4 Å². The van der Waals surface area contributed by atoms with Crippen molar-refractivity contribution < 1.29 is 9.47 Å². The zero-order valence-electron chi connectivity index (χ0n) is 24.5. The van der Waals surface area contributed by atoms with E-state index in [0.717, 1.165) is 46.6 Å². The molecule has 2 aromatic heterocycles. The van der Waals surface area contributed by atoms with E-state index in [1.165, 1.54) is 0 Å². The summed E-state index contributed by atoms with van der Waals surface area (Å²) in [4.78, 5) is 12.2. The normalized spacial score (nSPS) is 17.5. The van der Waals surface area contributed by atoms with E-state index < -0.39 is 0 Å². The van der Waals surface area contributed by atoms with E-state index >= 15 is 0 Å². The second kappa shape index (κ2) is 17.2. The molecular weight excluding hydrogens is 492 g/mol. The second-order valence-corrected chi connectivity index (χ2v) is 9.40. The Morgan fingerprint density at radius 3 is 2.77 bits per heavy atom. The number of hydrogen-bond donors (Lipinski definition) is 4. The molecule has 3 rings (SSSR count). The SMILES string of the molecule is C=C/C=C(\NC(C)CC)c1nccc2c(C(CN)N(N)CCOCCN)cc(N3CCOCC3C)nc12.CC. The zero-order chi connectivity index (χ0) is 28.8. The molecule has 3 unspecified atom stereocenters. The van der Waals surface area contributed by atoms with Gasteiger partial charge in [-0.2, -0.15) is 0 Å². The summed E-state index contributed by atoms with van der Waals surface area (Å²) in [6.07, 6.45) is 6.50. The van der Waals surface area contributed by atoms with Crippen LogP contribution in [0, 0.1) is 0 Å². The molecule has 39 heavy (non-hydrogen) atoms. The Balaban J connectivity index is 0.00000260. The van der Waals surface area contributed by atoms with Crippen molar-refractivity contribution in [2.24, 2.45) is 17.3 Å². The second-order valence-electron chi connectivity index (χ2n) is 9.40. The van der Waals surface area contributed by atoms with Gasteiger partial charge in [0.05, 0.1) is 44.2 Å². The number of allylic oxidation sites excluding steroid dienone is 2. The number of morpholine rings is 1. The summed E-state index contributed by atoms with van der Waals surface area (Å²) in [6, 6.07) is 4.30. The number of hydrogen-bond acceptors (Lipinski definition) is 10. The number of ether oxygens (including phenoxy) is 2. The van der Waals surface area contributed by atoms with Crippen LogP contribution in [0.2, 0.25) is 0 Å². The van der Waals surface area contributed by atoms with Crippen LogP contribution in [0.3, 0.4) is 0 Å². The van der Waals surface area contributed by atoms with Crippen LogP contribution in [-0.2, 0) is 9.47 Å². The number of pyridine rings is 2. The number of hydrazine groups is 1. The highest BCUT2D eigenvalue weighted by Crippen LogP contribution is 2.33. The Morgan fingerprint density at radius 2 is 2.13 bits per heavy atom. The molecule has 1 aliphatic rings. The van der Waals surface area contributed by atoms with Gasteiger partial charge in [-0.25, -0.2) is 9.99 Å². The molecule has 10 nitrogen and oxygen atoms in total. The first-order valence-corrected chi connectivity index (χ1v) is 14.2. The Bertz CT molecular complexity index is 1050. The van der Waals surface area contributed by atoms with Gasteiger partial charge in [-0.05, 0) is 44.0 Å². The Labute approximate surface area is 234 Å². The minimum Gasteiger partial charge on any atom is -0.381 e. The summed E-state index contributed by atoms with van der Waals surface area (Å²) in [6.45, 7) is 18.7. The van der Waals surface area contributed by atoms with Gasteiger partial charge < -0.3 is 31.2 Å². The van der Waals surface area contributed by atoms with Crippen LogP contribution in [0.15, 0.2) is 37.1 Å². The van der Waals surface area contributed by atoms with Crippen molar-refractivity contribution >= 4 is 22.4 Å². The monoisotopic (exact) mass is 542 g/mol. The van der Waals surface area contributed by atoms with Crippen molar-refractivity contribution in [3.63, 3.8) is 0 Å². The number of fused-ring (bicyclic) bond motifs is 1. The van der Waals surface area contributed by atoms with Crippen molar-refractivity contribution in [1.82, 2.24) is 20.3 Å². The lowest BCUT2D eigenvalue weighted by Crippen LogP contribution is -2.44. The maximum Gasteiger partial charge on any atom is 0.130 e. The zero-order valence-corrected chi connectivity index (χ0v) is 24.5. The third kappa shape index (κ3) is 8.69. The molecule has 0 amide bonds. The van der Waals surface area contributed by atoms with E-state index in [1.807, 2.05) is 32.2 Å². The molecule has 1 aliphatic heterocycles. The molecule has 3 heterocycles. The summed E-state index contributed by atoms with van der Waals surface area (Å²) in [5.41, 5.74) is 15.3. The van der Waals surface area contributed by atoms with E-state index in [-0.39, 0.29) is 18.1 Å². The van der Waals surface area contributed by atoms with E-state index in [2.05, 4.69) is 43.6 Å². The highest BCUT2D eigenvalue weighted by molar-refractivity contribution is 5.92. The van der Waals surface area contributed by atoms with Crippen LogP contribution in [0.25, 0.3) is 16.6 Å². The van der Waals surface area contributed by atoms with Crippen molar-refractivity contribution in [2.45, 2.75) is 59.2 Å². The van der Waals surface area contributed by atoms with Crippen LogP contribution >= 0.6 is 0 Å². The molecule has 0 bridgehead atoms. The average Bonchev–Trinajstić information content (AvgIpc) is 2.96. The number of nitrogens with one attached hydrogen (secondary N) is 1. The maximum absolute atomic E-state index is 6.55. The largest absolute Gasteiger partial charge is 0.381 e. The third-order valence-corrected chi connectivity index (χ3v) is 6.70. The highest BCUT2D eigenvalue weighted by Gasteiger charge is 2.26. The van der Waals surface area contributed by atoms with Crippen molar-refractivity contribution in [1.29, 1.82) is 0 Å². The molecule has 0 spiro atoms. The smallest absolute Gasteiger partial charge is 0.130 e. The van der Waals surface area contributed by atoms with Crippen molar-refractivity contribution in [2.75, 3.05) is 57.5 Å². The third-order valence-electron chi connectivity index (χ3n) is 6.70. The van der Waals surface area contributed by atoms with Crippen LogP contribution in [0.4, 0.5) is 5.82 Å². The van der Waals surface area contributed by atoms with Gasteiger partial charge in [0, 0.05) is 43.8 Å². The maximum atomic E-state index is 6.55. The molecule has 0 radical (unpaired) electrons. The van der Waals surface area contributed by atoms with E-state index in [0.29, 0.717) is 46.1 Å². The first-order chi connectivity index (χ1) is 18.9. The topological polar surface area (TPSA) is 141 Å². The minimum absolute atomic E-state index is 0.183. The first-order valence-electron chi connectivity index (χ1n) is 14.2. The summed E-state index contributed by atoms with van der Waals surface area (Å²) >= 11 is 0. The summed E-state index contributed by atoms with van der Waals surface area (Å²) in [7, 11) is 0. The molecule has 10 heteroatoms. The van der Waals surface area contributed by atoms with Gasteiger partial charge in [-0.15, -0.1) is 0 Å². The molecule has 1 saturated heterocycles.